The van der Waals surface area contributed by atoms with Crippen molar-refractivity contribution in [3.63, 3.8) is 0 Å². The van der Waals surface area contributed by atoms with Gasteiger partial charge in [-0.2, -0.15) is 0 Å². The van der Waals surface area contributed by atoms with Crippen LogP contribution < -0.4 is 10.6 Å². The van der Waals surface area contributed by atoms with Crippen molar-refractivity contribution < 1.29 is 4.79 Å². The maximum atomic E-state index is 11.2. The van der Waals surface area contributed by atoms with E-state index in [1.807, 2.05) is 4.90 Å². The normalized spacial score (nSPS) is 28.1. The molecule has 0 aromatic carbocycles. The highest BCUT2D eigenvalue weighted by Crippen LogP contribution is 2.21. The van der Waals surface area contributed by atoms with Gasteiger partial charge in [-0.15, -0.1) is 0 Å². The summed E-state index contributed by atoms with van der Waals surface area (Å²) in [7, 11) is 0. The van der Waals surface area contributed by atoms with Crippen molar-refractivity contribution in [3.8, 4) is 0 Å². The Labute approximate surface area is 65.9 Å². The molecular weight excluding hydrogens is 142 g/mol. The number of hydrogen-bond acceptors (Lipinski definition) is 2. The molecule has 0 aliphatic carbocycles. The summed E-state index contributed by atoms with van der Waals surface area (Å²) >= 11 is 0. The van der Waals surface area contributed by atoms with Crippen molar-refractivity contribution in [1.29, 1.82) is 0 Å². The zero-order valence-electron chi connectivity index (χ0n) is 6.68. The fourth-order valence-electron chi connectivity index (χ4n) is 1.66. The maximum absolute atomic E-state index is 11.2. The Kier molecular flexibility index (Phi) is 1.32. The van der Waals surface area contributed by atoms with Gasteiger partial charge in [-0.25, -0.2) is 4.79 Å². The minimum absolute atomic E-state index is 0.0839. The fourth-order valence-corrected chi connectivity index (χ4v) is 1.66. The molecule has 2 saturated heterocycles. The summed E-state index contributed by atoms with van der Waals surface area (Å²) in [6.45, 7) is 5.64. The van der Waals surface area contributed by atoms with Crippen molar-refractivity contribution >= 4 is 6.03 Å². The Bertz CT molecular complexity index is 188. The van der Waals surface area contributed by atoms with Gasteiger partial charge in [0.15, 0.2) is 0 Å². The van der Waals surface area contributed by atoms with Crippen LogP contribution in [0.15, 0.2) is 0 Å². The van der Waals surface area contributed by atoms with E-state index in [2.05, 4.69) is 17.6 Å². The fraction of sp³-hybridized carbons (Fsp3) is 0.857. The first-order valence-electron chi connectivity index (χ1n) is 3.99. The van der Waals surface area contributed by atoms with Crippen molar-refractivity contribution in [2.45, 2.75) is 12.5 Å². The first kappa shape index (κ1) is 6.91. The Morgan fingerprint density at radius 1 is 1.55 bits per heavy atom. The van der Waals surface area contributed by atoms with Gasteiger partial charge in [0, 0.05) is 26.2 Å². The molecule has 2 N–H and O–H groups in total. The summed E-state index contributed by atoms with van der Waals surface area (Å²) in [6, 6.07) is 0.0917. The molecule has 2 fully saturated rings. The predicted molar refractivity (Wildman–Crippen MR) is 41.4 cm³/mol. The lowest BCUT2D eigenvalue weighted by molar-refractivity contribution is 0.101. The lowest BCUT2D eigenvalue weighted by Crippen LogP contribution is -2.67. The minimum atomic E-state index is 0.0839. The summed E-state index contributed by atoms with van der Waals surface area (Å²) in [4.78, 5) is 13.1. The Morgan fingerprint density at radius 2 is 2.27 bits per heavy atom. The number of amides is 2. The summed E-state index contributed by atoms with van der Waals surface area (Å²) in [5.41, 5.74) is 0.0839. The highest BCUT2D eigenvalue weighted by Gasteiger charge is 2.42. The summed E-state index contributed by atoms with van der Waals surface area (Å²) in [5.74, 6) is 0. The molecule has 0 bridgehead atoms. The van der Waals surface area contributed by atoms with Crippen LogP contribution in [0.3, 0.4) is 0 Å². The smallest absolute Gasteiger partial charge is 0.318 e. The second kappa shape index (κ2) is 2.11. The summed E-state index contributed by atoms with van der Waals surface area (Å²) in [6.07, 6.45) is 0. The zero-order chi connectivity index (χ0) is 7.90. The van der Waals surface area contributed by atoms with Crippen LogP contribution >= 0.6 is 0 Å². The zero-order valence-corrected chi connectivity index (χ0v) is 6.68. The SMILES string of the molecule is CC1(N2CCNC2=O)CNC1. The third-order valence-electron chi connectivity index (χ3n) is 2.52. The largest absolute Gasteiger partial charge is 0.336 e. The lowest BCUT2D eigenvalue weighted by atomic mass is 9.93. The van der Waals surface area contributed by atoms with Crippen LogP contribution in [0.4, 0.5) is 4.79 Å². The van der Waals surface area contributed by atoms with E-state index in [4.69, 9.17) is 0 Å². The van der Waals surface area contributed by atoms with Gasteiger partial charge in [0.25, 0.3) is 0 Å². The van der Waals surface area contributed by atoms with E-state index in [-0.39, 0.29) is 11.6 Å². The number of nitrogens with one attached hydrogen (secondary N) is 2. The van der Waals surface area contributed by atoms with Gasteiger partial charge in [0.05, 0.1) is 5.54 Å². The number of carbonyl (C=O) groups excluding carboxylic acids is 1. The number of carbonyl (C=O) groups is 1. The number of nitrogens with zero attached hydrogens (tertiary/aromatic N) is 1. The van der Waals surface area contributed by atoms with E-state index in [9.17, 15) is 4.79 Å². The predicted octanol–water partition coefficient (Wildman–Crippen LogP) is -0.626. The molecule has 2 aliphatic rings. The van der Waals surface area contributed by atoms with Crippen LogP contribution in [0, 0.1) is 0 Å². The van der Waals surface area contributed by atoms with E-state index >= 15 is 0 Å². The van der Waals surface area contributed by atoms with E-state index in [1.165, 1.54) is 0 Å². The molecule has 0 unspecified atom stereocenters. The maximum Gasteiger partial charge on any atom is 0.318 e. The van der Waals surface area contributed by atoms with Gasteiger partial charge in [0.1, 0.15) is 0 Å². The van der Waals surface area contributed by atoms with E-state index in [0.717, 1.165) is 26.2 Å². The molecular formula is C7H13N3O. The van der Waals surface area contributed by atoms with Crippen LogP contribution in [0.2, 0.25) is 0 Å². The molecule has 11 heavy (non-hydrogen) atoms. The molecule has 2 rings (SSSR count). The number of hydrogen-bond donors (Lipinski definition) is 2. The summed E-state index contributed by atoms with van der Waals surface area (Å²) < 4.78 is 0. The molecule has 2 heterocycles. The van der Waals surface area contributed by atoms with Crippen molar-refractivity contribution in [2.24, 2.45) is 0 Å². The molecule has 0 aromatic heterocycles. The topological polar surface area (TPSA) is 44.4 Å². The van der Waals surface area contributed by atoms with Crippen molar-refractivity contribution in [1.82, 2.24) is 15.5 Å². The minimum Gasteiger partial charge on any atom is -0.336 e. The first-order valence-corrected chi connectivity index (χ1v) is 3.99. The molecule has 2 amide bonds. The van der Waals surface area contributed by atoms with Gasteiger partial charge in [0.2, 0.25) is 0 Å². The van der Waals surface area contributed by atoms with E-state index in [0.29, 0.717) is 0 Å². The highest BCUT2D eigenvalue weighted by molar-refractivity contribution is 5.77. The van der Waals surface area contributed by atoms with Gasteiger partial charge in [-0.05, 0) is 6.92 Å². The second-order valence-electron chi connectivity index (χ2n) is 3.48. The molecule has 4 nitrogen and oxygen atoms in total. The average Bonchev–Trinajstić information content (AvgIpc) is 2.30. The Balaban J connectivity index is 2.08. The van der Waals surface area contributed by atoms with Crippen LogP contribution in [0.5, 0.6) is 0 Å². The molecule has 62 valence electrons. The molecule has 2 aliphatic heterocycles. The third-order valence-corrected chi connectivity index (χ3v) is 2.52. The van der Waals surface area contributed by atoms with Gasteiger partial charge in [-0.1, -0.05) is 0 Å². The van der Waals surface area contributed by atoms with Gasteiger partial charge >= 0.3 is 6.03 Å². The van der Waals surface area contributed by atoms with Crippen LogP contribution in [-0.4, -0.2) is 42.6 Å². The lowest BCUT2D eigenvalue weighted by Gasteiger charge is -2.45. The number of rotatable bonds is 1. The van der Waals surface area contributed by atoms with Crippen LogP contribution in [0.25, 0.3) is 0 Å². The van der Waals surface area contributed by atoms with Gasteiger partial charge in [-0.3, -0.25) is 0 Å². The highest BCUT2D eigenvalue weighted by atomic mass is 16.2. The van der Waals surface area contributed by atoms with E-state index in [1.54, 1.807) is 0 Å². The van der Waals surface area contributed by atoms with Crippen molar-refractivity contribution in [2.75, 3.05) is 26.2 Å². The van der Waals surface area contributed by atoms with Crippen LogP contribution in [-0.2, 0) is 0 Å². The molecule has 0 spiro atoms. The molecule has 0 atom stereocenters. The molecule has 4 heteroatoms. The third kappa shape index (κ3) is 0.894. The van der Waals surface area contributed by atoms with E-state index < -0.39 is 0 Å². The Hall–Kier alpha value is -0.770. The first-order chi connectivity index (χ1) is 5.22. The average molecular weight is 155 g/mol. The second-order valence-corrected chi connectivity index (χ2v) is 3.48. The monoisotopic (exact) mass is 155 g/mol. The van der Waals surface area contributed by atoms with Crippen molar-refractivity contribution in [3.05, 3.63) is 0 Å². The quantitative estimate of drug-likeness (QED) is 0.529. The van der Waals surface area contributed by atoms with Gasteiger partial charge < -0.3 is 15.5 Å². The molecule has 0 aromatic rings. The Morgan fingerprint density at radius 3 is 2.64 bits per heavy atom. The van der Waals surface area contributed by atoms with Crippen LogP contribution in [0.1, 0.15) is 6.92 Å². The number of urea groups is 1. The summed E-state index contributed by atoms with van der Waals surface area (Å²) in [5, 5.41) is 5.98. The molecule has 0 saturated carbocycles. The molecule has 0 radical (unpaired) electrons. The standard InChI is InChI=1S/C7H13N3O/c1-7(4-8-5-7)10-3-2-9-6(10)11/h8H,2-5H2,1H3,(H,9,11).